The van der Waals surface area contributed by atoms with E-state index in [1.165, 1.54) is 63.5 Å². The van der Waals surface area contributed by atoms with Crippen LogP contribution in [0.5, 0.6) is 0 Å². The van der Waals surface area contributed by atoms with Crippen LogP contribution in [0.3, 0.4) is 0 Å². The van der Waals surface area contributed by atoms with Gasteiger partial charge in [0.25, 0.3) is 0 Å². The fourth-order valence-electron chi connectivity index (χ4n) is 2.99. The molecule has 24 heavy (non-hydrogen) atoms. The number of hydrogen-bond donors (Lipinski definition) is 1. The lowest BCUT2D eigenvalue weighted by Gasteiger charge is -2.25. The summed E-state index contributed by atoms with van der Waals surface area (Å²) in [4.78, 5) is 13.8. The molecule has 0 fully saturated rings. The van der Waals surface area contributed by atoms with E-state index in [1.54, 1.807) is 6.92 Å². The van der Waals surface area contributed by atoms with Crippen LogP contribution in [0.4, 0.5) is 11.4 Å². The Morgan fingerprint density at radius 2 is 1.50 bits per heavy atom. The van der Waals surface area contributed by atoms with Crippen LogP contribution in [-0.2, 0) is 4.79 Å². The smallest absolute Gasteiger partial charge is 0.221 e. The summed E-state index contributed by atoms with van der Waals surface area (Å²) in [7, 11) is 0. The maximum absolute atomic E-state index is 11.3. The van der Waals surface area contributed by atoms with E-state index in [4.69, 9.17) is 0 Å². The first-order chi connectivity index (χ1) is 11.7. The van der Waals surface area contributed by atoms with Gasteiger partial charge in [-0.15, -0.1) is 0 Å². The molecule has 0 aromatic heterocycles. The molecule has 0 saturated carbocycles. The fraction of sp³-hybridized carbons (Fsp3) is 0.667. The molecule has 0 spiro atoms. The lowest BCUT2D eigenvalue weighted by molar-refractivity contribution is -0.114. The monoisotopic (exact) mass is 332 g/mol. The molecule has 0 aliphatic rings. The summed E-state index contributed by atoms with van der Waals surface area (Å²) >= 11 is 0. The van der Waals surface area contributed by atoms with Gasteiger partial charge in [0.05, 0.1) is 0 Å². The number of carbonyl (C=O) groups is 1. The highest BCUT2D eigenvalue weighted by molar-refractivity contribution is 5.89. The van der Waals surface area contributed by atoms with Crippen molar-refractivity contribution in [2.75, 3.05) is 23.3 Å². The normalized spacial score (nSPS) is 10.6. The highest BCUT2D eigenvalue weighted by Crippen LogP contribution is 2.21. The summed E-state index contributed by atoms with van der Waals surface area (Å²) in [6.07, 6.45) is 11.7. The van der Waals surface area contributed by atoms with Crippen molar-refractivity contribution in [2.45, 2.75) is 78.6 Å². The number of rotatable bonds is 13. The number of amides is 1. The van der Waals surface area contributed by atoms with Gasteiger partial charge in [-0.1, -0.05) is 64.9 Å². The molecule has 0 heterocycles. The van der Waals surface area contributed by atoms with Crippen molar-refractivity contribution in [2.24, 2.45) is 0 Å². The molecule has 3 heteroatoms. The molecule has 1 rings (SSSR count). The quantitative estimate of drug-likeness (QED) is 0.449. The molecule has 0 aliphatic carbocycles. The van der Waals surface area contributed by atoms with Gasteiger partial charge in [-0.05, 0) is 31.0 Å². The maximum Gasteiger partial charge on any atom is 0.221 e. The van der Waals surface area contributed by atoms with E-state index in [2.05, 4.69) is 36.2 Å². The van der Waals surface area contributed by atoms with Gasteiger partial charge >= 0.3 is 0 Å². The van der Waals surface area contributed by atoms with Gasteiger partial charge in [0.15, 0.2) is 0 Å². The molecule has 0 bridgehead atoms. The summed E-state index contributed by atoms with van der Waals surface area (Å²) in [6.45, 7) is 8.28. The first kappa shape index (κ1) is 20.5. The standard InChI is InChI=1S/C21H36N2O/c1-4-6-8-9-10-12-17-23(16-11-7-5-2)21-15-13-14-20(18-21)22-19(3)24/h13-15,18H,4-12,16-17H2,1-3H3,(H,22,24). The average molecular weight is 333 g/mol. The second kappa shape index (κ2) is 12.9. The molecular weight excluding hydrogens is 296 g/mol. The molecule has 3 nitrogen and oxygen atoms in total. The van der Waals surface area contributed by atoms with Crippen LogP contribution >= 0.6 is 0 Å². The molecule has 1 amide bonds. The minimum atomic E-state index is -0.0133. The molecule has 1 aromatic carbocycles. The zero-order chi connectivity index (χ0) is 17.6. The molecule has 0 saturated heterocycles. The predicted molar refractivity (Wildman–Crippen MR) is 106 cm³/mol. The van der Waals surface area contributed by atoms with Gasteiger partial charge in [0, 0.05) is 31.4 Å². The Morgan fingerprint density at radius 1 is 0.917 bits per heavy atom. The maximum atomic E-state index is 11.3. The third-order valence-electron chi connectivity index (χ3n) is 4.34. The van der Waals surface area contributed by atoms with Crippen molar-refractivity contribution in [3.63, 3.8) is 0 Å². The Kier molecular flexibility index (Phi) is 11.0. The van der Waals surface area contributed by atoms with E-state index >= 15 is 0 Å². The van der Waals surface area contributed by atoms with Crippen LogP contribution in [0.15, 0.2) is 24.3 Å². The number of nitrogens with one attached hydrogen (secondary N) is 1. The topological polar surface area (TPSA) is 32.3 Å². The van der Waals surface area contributed by atoms with Crippen LogP contribution in [0, 0.1) is 0 Å². The SMILES string of the molecule is CCCCCCCCN(CCCCC)c1cccc(NC(C)=O)c1. The molecular formula is C21H36N2O. The second-order valence-electron chi connectivity index (χ2n) is 6.69. The Labute approximate surface area is 148 Å². The number of anilines is 2. The molecule has 1 aromatic rings. The van der Waals surface area contributed by atoms with Gasteiger partial charge in [-0.3, -0.25) is 4.79 Å². The Bertz CT molecular complexity index is 459. The van der Waals surface area contributed by atoms with Crippen molar-refractivity contribution >= 4 is 17.3 Å². The summed E-state index contributed by atoms with van der Waals surface area (Å²) in [6, 6.07) is 8.26. The first-order valence-corrected chi connectivity index (χ1v) is 9.80. The van der Waals surface area contributed by atoms with E-state index < -0.39 is 0 Å². The van der Waals surface area contributed by atoms with E-state index in [9.17, 15) is 4.79 Å². The van der Waals surface area contributed by atoms with Crippen molar-refractivity contribution in [3.05, 3.63) is 24.3 Å². The Morgan fingerprint density at radius 3 is 2.17 bits per heavy atom. The van der Waals surface area contributed by atoms with Gasteiger partial charge in [-0.2, -0.15) is 0 Å². The highest BCUT2D eigenvalue weighted by atomic mass is 16.1. The largest absolute Gasteiger partial charge is 0.371 e. The molecule has 0 unspecified atom stereocenters. The van der Waals surface area contributed by atoms with Crippen molar-refractivity contribution in [1.82, 2.24) is 0 Å². The van der Waals surface area contributed by atoms with E-state index in [0.29, 0.717) is 0 Å². The van der Waals surface area contributed by atoms with E-state index in [-0.39, 0.29) is 5.91 Å². The Hall–Kier alpha value is -1.51. The molecule has 136 valence electrons. The second-order valence-corrected chi connectivity index (χ2v) is 6.69. The Balaban J connectivity index is 2.58. The van der Waals surface area contributed by atoms with E-state index in [0.717, 1.165) is 18.8 Å². The van der Waals surface area contributed by atoms with E-state index in [1.807, 2.05) is 12.1 Å². The van der Waals surface area contributed by atoms with Crippen LogP contribution in [-0.4, -0.2) is 19.0 Å². The summed E-state index contributed by atoms with van der Waals surface area (Å²) < 4.78 is 0. The molecule has 0 atom stereocenters. The summed E-state index contributed by atoms with van der Waals surface area (Å²) in [5.41, 5.74) is 2.12. The van der Waals surface area contributed by atoms with Crippen LogP contribution in [0.25, 0.3) is 0 Å². The minimum Gasteiger partial charge on any atom is -0.371 e. The van der Waals surface area contributed by atoms with Crippen molar-refractivity contribution in [3.8, 4) is 0 Å². The number of hydrogen-bond acceptors (Lipinski definition) is 2. The third-order valence-corrected chi connectivity index (χ3v) is 4.34. The third kappa shape index (κ3) is 8.95. The zero-order valence-corrected chi connectivity index (χ0v) is 15.9. The zero-order valence-electron chi connectivity index (χ0n) is 15.9. The number of carbonyl (C=O) groups excluding carboxylic acids is 1. The van der Waals surface area contributed by atoms with Gasteiger partial charge in [0.2, 0.25) is 5.91 Å². The summed E-state index contributed by atoms with van der Waals surface area (Å²) in [5, 5.41) is 2.89. The fourth-order valence-corrected chi connectivity index (χ4v) is 2.99. The molecule has 1 N–H and O–H groups in total. The average Bonchev–Trinajstić information content (AvgIpc) is 2.56. The number of nitrogens with zero attached hydrogens (tertiary/aromatic N) is 1. The van der Waals surface area contributed by atoms with Crippen LogP contribution < -0.4 is 10.2 Å². The molecule has 0 radical (unpaired) electrons. The number of unbranched alkanes of at least 4 members (excludes halogenated alkanes) is 7. The predicted octanol–water partition coefficient (Wildman–Crippen LogP) is 6.00. The highest BCUT2D eigenvalue weighted by Gasteiger charge is 2.07. The summed E-state index contributed by atoms with van der Waals surface area (Å²) in [5.74, 6) is -0.0133. The van der Waals surface area contributed by atoms with Gasteiger partial charge in [-0.25, -0.2) is 0 Å². The van der Waals surface area contributed by atoms with Gasteiger partial charge in [0.1, 0.15) is 0 Å². The molecule has 0 aliphatic heterocycles. The number of benzene rings is 1. The van der Waals surface area contributed by atoms with Crippen LogP contribution in [0.2, 0.25) is 0 Å². The van der Waals surface area contributed by atoms with Crippen molar-refractivity contribution < 1.29 is 4.79 Å². The lowest BCUT2D eigenvalue weighted by Crippen LogP contribution is -2.25. The van der Waals surface area contributed by atoms with Crippen LogP contribution in [0.1, 0.15) is 78.6 Å². The lowest BCUT2D eigenvalue weighted by atomic mass is 10.1. The van der Waals surface area contributed by atoms with Gasteiger partial charge < -0.3 is 10.2 Å². The van der Waals surface area contributed by atoms with Crippen molar-refractivity contribution in [1.29, 1.82) is 0 Å². The first-order valence-electron chi connectivity index (χ1n) is 9.80. The minimum absolute atomic E-state index is 0.0133.